The molecule has 0 N–H and O–H groups in total. The van der Waals surface area contributed by atoms with Gasteiger partial charge in [0, 0.05) is 22.0 Å². The van der Waals surface area contributed by atoms with Crippen molar-refractivity contribution in [3.63, 3.8) is 0 Å². The molecule has 1 amide bonds. The van der Waals surface area contributed by atoms with Crippen LogP contribution in [0.25, 0.3) is 0 Å². The van der Waals surface area contributed by atoms with Crippen LogP contribution in [0.15, 0.2) is 52.0 Å². The van der Waals surface area contributed by atoms with Crippen LogP contribution in [0.3, 0.4) is 0 Å². The molecule has 3 rings (SSSR count). The fraction of sp³-hybridized carbons (Fsp3) is 0.300. The molecule has 5 nitrogen and oxygen atoms in total. The first-order valence-corrected chi connectivity index (χ1v) is 9.05. The number of hydrazone groups is 1. The predicted octanol–water partition coefficient (Wildman–Crippen LogP) is 4.50. The Bertz CT molecular complexity index is 860. The zero-order chi connectivity index (χ0) is 18.9. The number of ether oxygens (including phenoxy) is 2. The molecule has 0 saturated heterocycles. The molecule has 0 bridgehead atoms. The summed E-state index contributed by atoms with van der Waals surface area (Å²) in [5.41, 5.74) is 1.97. The monoisotopic (exact) mass is 416 g/mol. The maximum Gasteiger partial charge on any atom is 0.274 e. The minimum atomic E-state index is -0.410. The molecule has 0 atom stereocenters. The van der Waals surface area contributed by atoms with Gasteiger partial charge in [-0.1, -0.05) is 15.9 Å². The number of benzene rings is 2. The van der Waals surface area contributed by atoms with Crippen LogP contribution in [0.4, 0.5) is 0 Å². The summed E-state index contributed by atoms with van der Waals surface area (Å²) in [6.07, 6.45) is 0.657. The molecule has 136 valence electrons. The van der Waals surface area contributed by atoms with Crippen molar-refractivity contribution in [3.8, 4) is 11.5 Å². The first-order chi connectivity index (χ1) is 12.4. The van der Waals surface area contributed by atoms with Gasteiger partial charge in [-0.2, -0.15) is 5.10 Å². The lowest BCUT2D eigenvalue weighted by Crippen LogP contribution is -2.40. The zero-order valence-electron chi connectivity index (χ0n) is 15.2. The summed E-state index contributed by atoms with van der Waals surface area (Å²) in [6.45, 7) is 4.03. The molecule has 0 fully saturated rings. The Balaban J connectivity index is 1.94. The average molecular weight is 417 g/mol. The van der Waals surface area contributed by atoms with E-state index in [0.717, 1.165) is 15.7 Å². The molecule has 6 heteroatoms. The molecule has 26 heavy (non-hydrogen) atoms. The fourth-order valence-electron chi connectivity index (χ4n) is 2.99. The molecule has 0 saturated carbocycles. The lowest BCUT2D eigenvalue weighted by molar-refractivity contribution is 0.0612. The van der Waals surface area contributed by atoms with E-state index in [1.165, 1.54) is 0 Å². The van der Waals surface area contributed by atoms with Crippen molar-refractivity contribution < 1.29 is 14.3 Å². The van der Waals surface area contributed by atoms with Gasteiger partial charge in [0.05, 0.1) is 25.5 Å². The number of halogens is 1. The van der Waals surface area contributed by atoms with Crippen LogP contribution in [-0.2, 0) is 0 Å². The number of hydrogen-bond donors (Lipinski definition) is 0. The summed E-state index contributed by atoms with van der Waals surface area (Å²) in [7, 11) is 3.21. The Hall–Kier alpha value is -2.34. The lowest BCUT2D eigenvalue weighted by Gasteiger charge is -2.28. The SMILES string of the molecule is COc1ccc(C2=NN(C(=O)c3ccc(Br)cc3)C(C)(C)C2)cc1OC. The minimum absolute atomic E-state index is 0.113. The average Bonchev–Trinajstić information content (AvgIpc) is 2.96. The fourth-order valence-corrected chi connectivity index (χ4v) is 3.25. The van der Waals surface area contributed by atoms with Crippen LogP contribution in [0.5, 0.6) is 11.5 Å². The van der Waals surface area contributed by atoms with E-state index in [9.17, 15) is 4.79 Å². The Morgan fingerprint density at radius 2 is 1.73 bits per heavy atom. The Labute approximate surface area is 161 Å². The first-order valence-electron chi connectivity index (χ1n) is 8.26. The van der Waals surface area contributed by atoms with Gasteiger partial charge in [-0.25, -0.2) is 5.01 Å². The highest BCUT2D eigenvalue weighted by Gasteiger charge is 2.39. The number of hydrogen-bond acceptors (Lipinski definition) is 4. The Kier molecular flexibility index (Phi) is 5.05. The zero-order valence-corrected chi connectivity index (χ0v) is 16.8. The quantitative estimate of drug-likeness (QED) is 0.737. The highest BCUT2D eigenvalue weighted by molar-refractivity contribution is 9.10. The predicted molar refractivity (Wildman–Crippen MR) is 105 cm³/mol. The normalized spacial score (nSPS) is 15.6. The van der Waals surface area contributed by atoms with E-state index in [2.05, 4.69) is 21.0 Å². The maximum absolute atomic E-state index is 12.9. The molecule has 0 unspecified atom stereocenters. The number of nitrogens with zero attached hydrogens (tertiary/aromatic N) is 2. The molecular weight excluding hydrogens is 396 g/mol. The van der Waals surface area contributed by atoms with Gasteiger partial charge in [0.1, 0.15) is 0 Å². The summed E-state index contributed by atoms with van der Waals surface area (Å²) in [5, 5.41) is 6.20. The first kappa shape index (κ1) is 18.5. The maximum atomic E-state index is 12.9. The minimum Gasteiger partial charge on any atom is -0.493 e. The number of carbonyl (C=O) groups is 1. The molecule has 0 radical (unpaired) electrons. The summed E-state index contributed by atoms with van der Waals surface area (Å²) in [5.74, 6) is 1.19. The second-order valence-electron chi connectivity index (χ2n) is 6.73. The van der Waals surface area contributed by atoms with E-state index in [1.807, 2.05) is 44.2 Å². The van der Waals surface area contributed by atoms with Crippen LogP contribution in [0.2, 0.25) is 0 Å². The molecule has 2 aromatic carbocycles. The third-order valence-electron chi connectivity index (χ3n) is 4.39. The van der Waals surface area contributed by atoms with Crippen molar-refractivity contribution in [1.29, 1.82) is 0 Å². The second kappa shape index (κ2) is 7.11. The number of carbonyl (C=O) groups excluding carboxylic acids is 1. The summed E-state index contributed by atoms with van der Waals surface area (Å²) in [4.78, 5) is 12.9. The van der Waals surface area contributed by atoms with Crippen molar-refractivity contribution in [2.45, 2.75) is 25.8 Å². The standard InChI is InChI=1S/C20H21BrN2O3/c1-20(2)12-16(14-7-10-17(25-3)18(11-14)26-4)22-23(20)19(24)13-5-8-15(21)9-6-13/h5-11H,12H2,1-4H3. The van der Waals surface area contributed by atoms with Crippen LogP contribution in [0, 0.1) is 0 Å². The number of rotatable bonds is 4. The second-order valence-corrected chi connectivity index (χ2v) is 7.65. The number of methoxy groups -OCH3 is 2. The van der Waals surface area contributed by atoms with E-state index in [4.69, 9.17) is 9.47 Å². The molecule has 1 heterocycles. The van der Waals surface area contributed by atoms with Gasteiger partial charge in [-0.3, -0.25) is 4.79 Å². The van der Waals surface area contributed by atoms with Gasteiger partial charge in [-0.05, 0) is 56.3 Å². The van der Waals surface area contributed by atoms with E-state index in [1.54, 1.807) is 31.4 Å². The van der Waals surface area contributed by atoms with Gasteiger partial charge in [-0.15, -0.1) is 0 Å². The molecular formula is C20H21BrN2O3. The van der Waals surface area contributed by atoms with E-state index < -0.39 is 5.54 Å². The molecule has 2 aromatic rings. The van der Waals surface area contributed by atoms with Crippen molar-refractivity contribution in [3.05, 3.63) is 58.1 Å². The lowest BCUT2D eigenvalue weighted by atomic mass is 9.94. The molecule has 0 aliphatic carbocycles. The largest absolute Gasteiger partial charge is 0.493 e. The highest BCUT2D eigenvalue weighted by Crippen LogP contribution is 2.34. The van der Waals surface area contributed by atoms with E-state index in [-0.39, 0.29) is 5.91 Å². The molecule has 1 aliphatic heterocycles. The van der Waals surface area contributed by atoms with Crippen molar-refractivity contribution in [1.82, 2.24) is 5.01 Å². The third-order valence-corrected chi connectivity index (χ3v) is 4.92. The summed E-state index contributed by atoms with van der Waals surface area (Å²) in [6, 6.07) is 13.0. The van der Waals surface area contributed by atoms with Gasteiger partial charge >= 0.3 is 0 Å². The smallest absolute Gasteiger partial charge is 0.274 e. The van der Waals surface area contributed by atoms with Crippen molar-refractivity contribution in [2.75, 3.05) is 14.2 Å². The summed E-state index contributed by atoms with van der Waals surface area (Å²) >= 11 is 3.39. The van der Waals surface area contributed by atoms with Gasteiger partial charge in [0.2, 0.25) is 0 Å². The topological polar surface area (TPSA) is 51.1 Å². The van der Waals surface area contributed by atoms with E-state index >= 15 is 0 Å². The van der Waals surface area contributed by atoms with Crippen LogP contribution < -0.4 is 9.47 Å². The summed E-state index contributed by atoms with van der Waals surface area (Å²) < 4.78 is 11.6. The third kappa shape index (κ3) is 3.46. The van der Waals surface area contributed by atoms with Crippen molar-refractivity contribution >= 4 is 27.5 Å². The molecule has 1 aliphatic rings. The number of amides is 1. The Morgan fingerprint density at radius 3 is 2.35 bits per heavy atom. The molecule has 0 spiro atoms. The van der Waals surface area contributed by atoms with Crippen LogP contribution in [0.1, 0.15) is 36.2 Å². The van der Waals surface area contributed by atoms with Gasteiger partial charge in [0.25, 0.3) is 5.91 Å². The van der Waals surface area contributed by atoms with Gasteiger partial charge < -0.3 is 9.47 Å². The van der Waals surface area contributed by atoms with E-state index in [0.29, 0.717) is 23.5 Å². The van der Waals surface area contributed by atoms with Gasteiger partial charge in [0.15, 0.2) is 11.5 Å². The highest BCUT2D eigenvalue weighted by atomic mass is 79.9. The van der Waals surface area contributed by atoms with Crippen LogP contribution in [-0.4, -0.2) is 36.4 Å². The van der Waals surface area contributed by atoms with Crippen molar-refractivity contribution in [2.24, 2.45) is 5.10 Å². The van der Waals surface area contributed by atoms with Crippen LogP contribution >= 0.6 is 15.9 Å². The molecule has 0 aromatic heterocycles. The Morgan fingerprint density at radius 1 is 1.08 bits per heavy atom.